The van der Waals surface area contributed by atoms with Crippen molar-refractivity contribution in [1.29, 1.82) is 0 Å². The molecular weight excluding hydrogens is 404 g/mol. The van der Waals surface area contributed by atoms with Gasteiger partial charge < -0.3 is 24.0 Å². The highest BCUT2D eigenvalue weighted by atomic mass is 16.7. The van der Waals surface area contributed by atoms with Gasteiger partial charge in [-0.25, -0.2) is 0 Å². The van der Waals surface area contributed by atoms with Gasteiger partial charge in [0, 0.05) is 25.2 Å². The van der Waals surface area contributed by atoms with E-state index in [4.69, 9.17) is 14.2 Å². The van der Waals surface area contributed by atoms with Gasteiger partial charge in [-0.1, -0.05) is 6.42 Å². The quantitative estimate of drug-likeness (QED) is 0.643. The van der Waals surface area contributed by atoms with Gasteiger partial charge in [-0.2, -0.15) is 0 Å². The van der Waals surface area contributed by atoms with E-state index in [-0.39, 0.29) is 5.91 Å². The average Bonchev–Trinajstić information content (AvgIpc) is 3.19. The second-order valence-electron chi connectivity index (χ2n) is 8.90. The summed E-state index contributed by atoms with van der Waals surface area (Å²) in [4.78, 5) is 17.6. The lowest BCUT2D eigenvalue weighted by Gasteiger charge is -2.26. The predicted octanol–water partition coefficient (Wildman–Crippen LogP) is 3.91. The monoisotopic (exact) mass is 436 g/mol. The van der Waals surface area contributed by atoms with Crippen molar-refractivity contribution in [2.24, 2.45) is 0 Å². The first-order chi connectivity index (χ1) is 15.8. The molecule has 0 bridgehead atoms. The van der Waals surface area contributed by atoms with Crippen LogP contribution < -0.4 is 14.2 Å². The summed E-state index contributed by atoms with van der Waals surface area (Å²) < 4.78 is 16.9. The third kappa shape index (κ3) is 4.85. The van der Waals surface area contributed by atoms with Crippen LogP contribution in [0.15, 0.2) is 36.4 Å². The van der Waals surface area contributed by atoms with E-state index in [2.05, 4.69) is 17.0 Å². The molecule has 0 aromatic heterocycles. The van der Waals surface area contributed by atoms with Crippen LogP contribution in [-0.4, -0.2) is 61.8 Å². The average molecular weight is 437 g/mol. The molecule has 3 aliphatic rings. The lowest BCUT2D eigenvalue weighted by Crippen LogP contribution is -2.33. The number of likely N-dealkylation sites (tertiary alicyclic amines) is 1. The van der Waals surface area contributed by atoms with E-state index < -0.39 is 0 Å². The minimum absolute atomic E-state index is 0.0782. The Balaban J connectivity index is 1.12. The van der Waals surface area contributed by atoms with E-state index in [1.165, 1.54) is 43.5 Å². The molecule has 0 unspecified atom stereocenters. The molecule has 0 aliphatic carbocycles. The summed E-state index contributed by atoms with van der Waals surface area (Å²) in [7, 11) is 0. The minimum atomic E-state index is 0.0782. The first-order valence-electron chi connectivity index (χ1n) is 11.9. The van der Waals surface area contributed by atoms with Crippen LogP contribution in [0.4, 0.5) is 0 Å². The zero-order valence-electron chi connectivity index (χ0n) is 18.7. The zero-order valence-corrected chi connectivity index (χ0v) is 18.7. The fourth-order valence-electron chi connectivity index (χ4n) is 4.85. The molecule has 0 atom stereocenters. The van der Waals surface area contributed by atoms with Gasteiger partial charge in [0.1, 0.15) is 5.75 Å². The van der Waals surface area contributed by atoms with Crippen molar-refractivity contribution in [2.45, 2.75) is 38.5 Å². The summed E-state index contributed by atoms with van der Waals surface area (Å²) in [5.41, 5.74) is 3.21. The highest BCUT2D eigenvalue weighted by Gasteiger charge is 2.23. The summed E-state index contributed by atoms with van der Waals surface area (Å²) in [5.74, 6) is 2.54. The Bertz CT molecular complexity index is 903. The summed E-state index contributed by atoms with van der Waals surface area (Å²) in [6, 6.07) is 11.7. The van der Waals surface area contributed by atoms with Gasteiger partial charge in [-0.05, 0) is 92.7 Å². The van der Waals surface area contributed by atoms with Crippen LogP contribution >= 0.6 is 0 Å². The van der Waals surface area contributed by atoms with Gasteiger partial charge in [0.15, 0.2) is 11.5 Å². The number of amides is 1. The summed E-state index contributed by atoms with van der Waals surface area (Å²) >= 11 is 0. The van der Waals surface area contributed by atoms with E-state index in [1.54, 1.807) is 0 Å². The van der Waals surface area contributed by atoms with Crippen LogP contribution in [-0.2, 0) is 12.8 Å². The SMILES string of the molecule is O=C(c1ccc(OCCCN2CCCCC2)cc1)N1CCc2cc3c(cc2CC1)OCO3. The first-order valence-corrected chi connectivity index (χ1v) is 11.9. The number of benzene rings is 2. The number of piperidine rings is 1. The van der Waals surface area contributed by atoms with Gasteiger partial charge >= 0.3 is 0 Å². The Labute approximate surface area is 190 Å². The van der Waals surface area contributed by atoms with Crippen LogP contribution in [0, 0.1) is 0 Å². The number of hydrogen-bond donors (Lipinski definition) is 0. The van der Waals surface area contributed by atoms with Crippen LogP contribution in [0.1, 0.15) is 47.2 Å². The van der Waals surface area contributed by atoms with Gasteiger partial charge in [0.2, 0.25) is 6.79 Å². The number of ether oxygens (including phenoxy) is 3. The lowest BCUT2D eigenvalue weighted by atomic mass is 10.0. The highest BCUT2D eigenvalue weighted by molar-refractivity contribution is 5.94. The van der Waals surface area contributed by atoms with E-state index in [0.29, 0.717) is 32.1 Å². The maximum atomic E-state index is 13.1. The molecule has 0 saturated carbocycles. The fourth-order valence-corrected chi connectivity index (χ4v) is 4.85. The molecule has 0 N–H and O–H groups in total. The Morgan fingerprint density at radius 2 is 1.53 bits per heavy atom. The number of rotatable bonds is 6. The molecule has 2 aromatic carbocycles. The number of hydrogen-bond acceptors (Lipinski definition) is 5. The summed E-state index contributed by atoms with van der Waals surface area (Å²) in [6.07, 6.45) is 6.71. The van der Waals surface area contributed by atoms with Crippen LogP contribution in [0.25, 0.3) is 0 Å². The van der Waals surface area contributed by atoms with Crippen LogP contribution in [0.5, 0.6) is 17.2 Å². The van der Waals surface area contributed by atoms with E-state index >= 15 is 0 Å². The Morgan fingerprint density at radius 3 is 2.19 bits per heavy atom. The third-order valence-electron chi connectivity index (χ3n) is 6.72. The van der Waals surface area contributed by atoms with Gasteiger partial charge in [0.25, 0.3) is 5.91 Å². The first kappa shape index (κ1) is 21.1. The molecule has 6 heteroatoms. The van der Waals surface area contributed by atoms with Crippen molar-refractivity contribution >= 4 is 5.91 Å². The third-order valence-corrected chi connectivity index (χ3v) is 6.72. The summed E-state index contributed by atoms with van der Waals surface area (Å²) in [6.45, 7) is 5.98. The van der Waals surface area contributed by atoms with Crippen LogP contribution in [0.2, 0.25) is 0 Å². The number of nitrogens with zero attached hydrogens (tertiary/aromatic N) is 2. The Hall–Kier alpha value is -2.73. The van der Waals surface area contributed by atoms with Crippen molar-refractivity contribution in [2.75, 3.05) is 46.1 Å². The molecule has 2 aromatic rings. The van der Waals surface area contributed by atoms with E-state index in [1.807, 2.05) is 29.2 Å². The van der Waals surface area contributed by atoms with Gasteiger partial charge in [0.05, 0.1) is 6.61 Å². The minimum Gasteiger partial charge on any atom is -0.494 e. The van der Waals surface area contributed by atoms with Crippen molar-refractivity contribution in [3.63, 3.8) is 0 Å². The molecule has 1 fully saturated rings. The molecule has 6 nitrogen and oxygen atoms in total. The molecule has 5 rings (SSSR count). The number of fused-ring (bicyclic) bond motifs is 2. The zero-order chi connectivity index (χ0) is 21.8. The van der Waals surface area contributed by atoms with Crippen molar-refractivity contribution in [3.8, 4) is 17.2 Å². The van der Waals surface area contributed by atoms with Crippen molar-refractivity contribution in [3.05, 3.63) is 53.1 Å². The molecule has 0 spiro atoms. The van der Waals surface area contributed by atoms with Gasteiger partial charge in [-0.3, -0.25) is 4.79 Å². The standard InChI is InChI=1S/C26H32N2O4/c29-26(28-14-9-21-17-24-25(32-19-31-24)18-22(21)10-15-28)20-5-7-23(8-6-20)30-16-4-13-27-11-2-1-3-12-27/h5-8,17-18H,1-4,9-16,19H2. The Kier molecular flexibility index (Phi) is 6.49. The maximum Gasteiger partial charge on any atom is 0.253 e. The van der Waals surface area contributed by atoms with Crippen molar-refractivity contribution < 1.29 is 19.0 Å². The van der Waals surface area contributed by atoms with Crippen molar-refractivity contribution in [1.82, 2.24) is 9.80 Å². The molecule has 1 saturated heterocycles. The lowest BCUT2D eigenvalue weighted by molar-refractivity contribution is 0.0763. The highest BCUT2D eigenvalue weighted by Crippen LogP contribution is 2.36. The fraction of sp³-hybridized carbons (Fsp3) is 0.500. The molecule has 1 amide bonds. The molecule has 3 aliphatic heterocycles. The van der Waals surface area contributed by atoms with E-state index in [0.717, 1.165) is 43.1 Å². The topological polar surface area (TPSA) is 51.2 Å². The van der Waals surface area contributed by atoms with Gasteiger partial charge in [-0.15, -0.1) is 0 Å². The predicted molar refractivity (Wildman–Crippen MR) is 123 cm³/mol. The molecule has 170 valence electrons. The largest absolute Gasteiger partial charge is 0.494 e. The smallest absolute Gasteiger partial charge is 0.253 e. The normalized spacial score (nSPS) is 18.2. The maximum absolute atomic E-state index is 13.1. The molecular formula is C26H32N2O4. The second kappa shape index (κ2) is 9.82. The summed E-state index contributed by atoms with van der Waals surface area (Å²) in [5, 5.41) is 0. The molecule has 0 radical (unpaired) electrons. The molecule has 32 heavy (non-hydrogen) atoms. The molecule has 3 heterocycles. The number of carbonyl (C=O) groups is 1. The van der Waals surface area contributed by atoms with Crippen LogP contribution in [0.3, 0.4) is 0 Å². The number of carbonyl (C=O) groups excluding carboxylic acids is 1. The second-order valence-corrected chi connectivity index (χ2v) is 8.90. The Morgan fingerprint density at radius 1 is 0.875 bits per heavy atom. The van der Waals surface area contributed by atoms with E-state index in [9.17, 15) is 4.79 Å².